The minimum atomic E-state index is 0.143. The van der Waals surface area contributed by atoms with Crippen LogP contribution in [-0.2, 0) is 0 Å². The third kappa shape index (κ3) is 2.49. The number of benzene rings is 2. The van der Waals surface area contributed by atoms with Crippen molar-refractivity contribution in [2.75, 3.05) is 0 Å². The maximum absolute atomic E-state index is 9.92. The van der Waals surface area contributed by atoms with Crippen molar-refractivity contribution >= 4 is 17.3 Å². The molecule has 4 heteroatoms. The fraction of sp³-hybridized carbons (Fsp3) is 0.188. The highest BCUT2D eigenvalue weighted by atomic mass is 35.5. The average Bonchev–Trinajstić information content (AvgIpc) is 2.92. The Bertz CT molecular complexity index is 665. The quantitative estimate of drug-likeness (QED) is 0.882. The van der Waals surface area contributed by atoms with E-state index in [-0.39, 0.29) is 11.8 Å². The van der Waals surface area contributed by atoms with Gasteiger partial charge >= 0.3 is 0 Å². The highest BCUT2D eigenvalue weighted by molar-refractivity contribution is 6.31. The van der Waals surface area contributed by atoms with Gasteiger partial charge in [-0.3, -0.25) is 0 Å². The van der Waals surface area contributed by atoms with Crippen LogP contribution < -0.4 is 5.43 Å². The second kappa shape index (κ2) is 5.17. The van der Waals surface area contributed by atoms with Gasteiger partial charge in [0.25, 0.3) is 0 Å². The maximum atomic E-state index is 9.92. The Labute approximate surface area is 122 Å². The molecule has 0 saturated carbocycles. The highest BCUT2D eigenvalue weighted by Gasteiger charge is 2.22. The predicted octanol–water partition coefficient (Wildman–Crippen LogP) is 3.79. The third-order valence-electron chi connectivity index (χ3n) is 3.50. The maximum Gasteiger partial charge on any atom is 0.124 e. The summed E-state index contributed by atoms with van der Waals surface area (Å²) in [6, 6.07) is 13.5. The summed E-state index contributed by atoms with van der Waals surface area (Å²) in [7, 11) is 0. The SMILES string of the molecule is Cc1ccc(C2CC(c3cc(Cl)ccc3O)=NN2)cc1. The highest BCUT2D eigenvalue weighted by Crippen LogP contribution is 2.29. The van der Waals surface area contributed by atoms with E-state index >= 15 is 0 Å². The largest absolute Gasteiger partial charge is 0.507 e. The smallest absolute Gasteiger partial charge is 0.124 e. The van der Waals surface area contributed by atoms with Crippen LogP contribution in [0.25, 0.3) is 0 Å². The number of phenolic OH excluding ortho intramolecular Hbond substituents is 1. The molecule has 0 aromatic heterocycles. The Morgan fingerprint density at radius 1 is 1.20 bits per heavy atom. The third-order valence-corrected chi connectivity index (χ3v) is 3.74. The normalized spacial score (nSPS) is 17.7. The van der Waals surface area contributed by atoms with Crippen molar-refractivity contribution < 1.29 is 5.11 Å². The number of aromatic hydroxyl groups is 1. The zero-order valence-electron chi connectivity index (χ0n) is 11.1. The number of rotatable bonds is 2. The van der Waals surface area contributed by atoms with Crippen LogP contribution in [0, 0.1) is 6.92 Å². The Morgan fingerprint density at radius 2 is 1.95 bits per heavy atom. The van der Waals surface area contributed by atoms with Crippen molar-refractivity contribution in [1.29, 1.82) is 0 Å². The molecule has 3 rings (SSSR count). The Hall–Kier alpha value is -2.00. The molecule has 0 spiro atoms. The molecule has 0 fully saturated rings. The van der Waals surface area contributed by atoms with Crippen LogP contribution in [-0.4, -0.2) is 10.8 Å². The minimum absolute atomic E-state index is 0.143. The summed E-state index contributed by atoms with van der Waals surface area (Å²) in [6.45, 7) is 2.07. The molecule has 102 valence electrons. The Morgan fingerprint density at radius 3 is 2.70 bits per heavy atom. The van der Waals surface area contributed by atoms with Crippen LogP contribution in [0.5, 0.6) is 5.75 Å². The van der Waals surface area contributed by atoms with Crippen molar-refractivity contribution in [3.63, 3.8) is 0 Å². The standard InChI is InChI=1S/C16H15ClN2O/c1-10-2-4-11(5-3-10)14-9-15(19-18-14)13-8-12(17)6-7-16(13)20/h2-8,14,18,20H,9H2,1H3. The summed E-state index contributed by atoms with van der Waals surface area (Å²) in [5, 5.41) is 14.9. The molecule has 2 aromatic carbocycles. The first-order chi connectivity index (χ1) is 9.63. The van der Waals surface area contributed by atoms with E-state index in [1.54, 1.807) is 18.2 Å². The van der Waals surface area contributed by atoms with Gasteiger partial charge in [-0.1, -0.05) is 41.4 Å². The van der Waals surface area contributed by atoms with E-state index in [2.05, 4.69) is 41.7 Å². The van der Waals surface area contributed by atoms with Crippen LogP contribution >= 0.6 is 11.6 Å². The summed E-state index contributed by atoms with van der Waals surface area (Å²) >= 11 is 5.98. The van der Waals surface area contributed by atoms with Crippen molar-refractivity contribution in [2.45, 2.75) is 19.4 Å². The van der Waals surface area contributed by atoms with Crippen LogP contribution in [0.2, 0.25) is 5.02 Å². The number of halogens is 1. The van der Waals surface area contributed by atoms with Crippen LogP contribution in [0.4, 0.5) is 0 Å². The number of phenols is 1. The van der Waals surface area contributed by atoms with Crippen molar-refractivity contribution in [1.82, 2.24) is 5.43 Å². The molecule has 1 unspecified atom stereocenters. The van der Waals surface area contributed by atoms with E-state index in [1.165, 1.54) is 11.1 Å². The van der Waals surface area contributed by atoms with E-state index < -0.39 is 0 Å². The molecule has 2 aromatic rings. The number of nitrogens with zero attached hydrogens (tertiary/aromatic N) is 1. The number of hydrogen-bond acceptors (Lipinski definition) is 3. The van der Waals surface area contributed by atoms with E-state index in [9.17, 15) is 5.11 Å². The fourth-order valence-electron chi connectivity index (χ4n) is 2.34. The molecule has 0 radical (unpaired) electrons. The number of aryl methyl sites for hydroxylation is 1. The molecule has 1 aliphatic rings. The van der Waals surface area contributed by atoms with E-state index in [4.69, 9.17) is 11.6 Å². The van der Waals surface area contributed by atoms with Crippen LogP contribution in [0.15, 0.2) is 47.6 Å². The van der Waals surface area contributed by atoms with Gasteiger partial charge in [0.05, 0.1) is 11.8 Å². The first kappa shape index (κ1) is 13.0. The average molecular weight is 287 g/mol. The lowest BCUT2D eigenvalue weighted by atomic mass is 9.98. The van der Waals surface area contributed by atoms with Gasteiger partial charge in [-0.25, -0.2) is 0 Å². The zero-order valence-corrected chi connectivity index (χ0v) is 11.9. The van der Waals surface area contributed by atoms with Gasteiger partial charge in [0, 0.05) is 17.0 Å². The van der Waals surface area contributed by atoms with Gasteiger partial charge in [0.15, 0.2) is 0 Å². The predicted molar refractivity (Wildman–Crippen MR) is 81.3 cm³/mol. The molecule has 2 N–H and O–H groups in total. The summed E-state index contributed by atoms with van der Waals surface area (Å²) in [6.07, 6.45) is 0.733. The van der Waals surface area contributed by atoms with E-state index in [0.717, 1.165) is 12.1 Å². The molecule has 3 nitrogen and oxygen atoms in total. The van der Waals surface area contributed by atoms with E-state index in [1.807, 2.05) is 0 Å². The molecule has 0 bridgehead atoms. The lowest BCUT2D eigenvalue weighted by molar-refractivity contribution is 0.474. The second-order valence-electron chi connectivity index (χ2n) is 5.02. The van der Waals surface area contributed by atoms with Gasteiger partial charge in [0.2, 0.25) is 0 Å². The molecule has 0 amide bonds. The fourth-order valence-corrected chi connectivity index (χ4v) is 2.51. The van der Waals surface area contributed by atoms with E-state index in [0.29, 0.717) is 10.6 Å². The summed E-state index contributed by atoms with van der Waals surface area (Å²) in [5.41, 5.74) is 7.07. The van der Waals surface area contributed by atoms with Crippen molar-refractivity contribution in [2.24, 2.45) is 5.10 Å². The molecule has 1 aliphatic heterocycles. The van der Waals surface area contributed by atoms with Gasteiger partial charge in [-0.15, -0.1) is 0 Å². The molecular weight excluding hydrogens is 272 g/mol. The summed E-state index contributed by atoms with van der Waals surface area (Å²) in [5.74, 6) is 0.208. The molecule has 1 atom stereocenters. The van der Waals surface area contributed by atoms with Crippen molar-refractivity contribution in [3.05, 3.63) is 64.2 Å². The molecule has 0 aliphatic carbocycles. The Balaban J connectivity index is 1.82. The molecular formula is C16H15ClN2O. The van der Waals surface area contributed by atoms with Crippen LogP contribution in [0.3, 0.4) is 0 Å². The van der Waals surface area contributed by atoms with Gasteiger partial charge in [-0.05, 0) is 30.7 Å². The number of hydrazone groups is 1. The van der Waals surface area contributed by atoms with Gasteiger partial charge in [0.1, 0.15) is 5.75 Å². The van der Waals surface area contributed by atoms with Gasteiger partial charge < -0.3 is 10.5 Å². The van der Waals surface area contributed by atoms with Crippen molar-refractivity contribution in [3.8, 4) is 5.75 Å². The van der Waals surface area contributed by atoms with Crippen LogP contribution in [0.1, 0.15) is 29.2 Å². The topological polar surface area (TPSA) is 44.6 Å². The summed E-state index contributed by atoms with van der Waals surface area (Å²) in [4.78, 5) is 0. The first-order valence-electron chi connectivity index (χ1n) is 6.51. The Kier molecular flexibility index (Phi) is 3.36. The monoisotopic (exact) mass is 286 g/mol. The summed E-state index contributed by atoms with van der Waals surface area (Å²) < 4.78 is 0. The second-order valence-corrected chi connectivity index (χ2v) is 5.45. The molecule has 1 heterocycles. The lowest BCUT2D eigenvalue weighted by Crippen LogP contribution is -2.09. The zero-order chi connectivity index (χ0) is 14.1. The number of hydrogen-bond donors (Lipinski definition) is 2. The van der Waals surface area contributed by atoms with Gasteiger partial charge in [-0.2, -0.15) is 5.10 Å². The number of nitrogens with one attached hydrogen (secondary N) is 1. The first-order valence-corrected chi connectivity index (χ1v) is 6.89. The minimum Gasteiger partial charge on any atom is -0.507 e. The molecule has 20 heavy (non-hydrogen) atoms. The molecule has 0 saturated heterocycles. The lowest BCUT2D eigenvalue weighted by Gasteiger charge is -2.10.